The number of ether oxygens (including phenoxy) is 1. The Kier molecular flexibility index (Phi) is 5.82. The molecule has 1 aromatic carbocycles. The number of rotatable bonds is 7. The van der Waals surface area contributed by atoms with Crippen molar-refractivity contribution in [3.63, 3.8) is 0 Å². The van der Waals surface area contributed by atoms with Crippen LogP contribution in [0.1, 0.15) is 19.3 Å². The van der Waals surface area contributed by atoms with E-state index in [1.165, 1.54) is 7.11 Å². The minimum Gasteiger partial charge on any atom is -0.495 e. The number of methoxy groups -OCH3 is 1. The lowest BCUT2D eigenvalue weighted by Crippen LogP contribution is -2.54. The molecule has 0 spiro atoms. The molecular formula is C20H24ClF3N4O3. The first-order valence-electron chi connectivity index (χ1n) is 10.1. The second kappa shape index (κ2) is 8.14. The van der Waals surface area contributed by atoms with Crippen LogP contribution in [0.25, 0.3) is 0 Å². The molecule has 11 heteroatoms. The van der Waals surface area contributed by atoms with Gasteiger partial charge >= 0.3 is 6.18 Å². The molecule has 2 N–H and O–H groups in total. The first-order chi connectivity index (χ1) is 14.6. The number of likely N-dealkylation sites (tertiary alicyclic amines) is 2. The first-order valence-corrected chi connectivity index (χ1v) is 10.5. The summed E-state index contributed by atoms with van der Waals surface area (Å²) in [5.41, 5.74) is -1.45. The van der Waals surface area contributed by atoms with E-state index in [0.29, 0.717) is 29.5 Å². The minimum atomic E-state index is -4.41. The summed E-state index contributed by atoms with van der Waals surface area (Å²) in [6.45, 7) is 1.30. The highest BCUT2D eigenvalue weighted by Crippen LogP contribution is 2.48. The summed E-state index contributed by atoms with van der Waals surface area (Å²) in [5, 5.41) is 5.44. The molecule has 4 rings (SSSR count). The van der Waals surface area contributed by atoms with Crippen LogP contribution in [0.3, 0.4) is 0 Å². The minimum absolute atomic E-state index is 0.0520. The Morgan fingerprint density at radius 2 is 1.77 bits per heavy atom. The van der Waals surface area contributed by atoms with E-state index < -0.39 is 17.6 Å². The van der Waals surface area contributed by atoms with Crippen LogP contribution in [-0.4, -0.2) is 78.7 Å². The third kappa shape index (κ3) is 4.61. The predicted molar refractivity (Wildman–Crippen MR) is 108 cm³/mol. The number of fused-ring (bicyclic) bond motifs is 2. The molecule has 1 aliphatic carbocycles. The maximum atomic E-state index is 13.0. The number of carbonyl (C=O) groups excluding carboxylic acids is 2. The van der Waals surface area contributed by atoms with Crippen LogP contribution in [0.4, 0.5) is 18.9 Å². The van der Waals surface area contributed by atoms with Gasteiger partial charge in [0.05, 0.1) is 25.2 Å². The molecule has 2 saturated heterocycles. The van der Waals surface area contributed by atoms with Crippen molar-refractivity contribution in [3.05, 3.63) is 23.2 Å². The van der Waals surface area contributed by atoms with E-state index in [9.17, 15) is 22.8 Å². The van der Waals surface area contributed by atoms with Crippen LogP contribution in [0.5, 0.6) is 5.75 Å². The molecule has 2 heterocycles. The molecular weight excluding hydrogens is 437 g/mol. The quantitative estimate of drug-likeness (QED) is 0.653. The van der Waals surface area contributed by atoms with Gasteiger partial charge in [0.2, 0.25) is 11.8 Å². The number of carbonyl (C=O) groups is 2. The molecule has 1 aromatic rings. The second-order valence-electron chi connectivity index (χ2n) is 8.43. The molecule has 0 unspecified atom stereocenters. The van der Waals surface area contributed by atoms with E-state index in [1.807, 2.05) is 9.80 Å². The van der Waals surface area contributed by atoms with Gasteiger partial charge in [-0.05, 0) is 31.4 Å². The zero-order valence-electron chi connectivity index (χ0n) is 17.0. The topological polar surface area (TPSA) is 73.9 Å². The number of anilines is 1. The number of benzene rings is 1. The van der Waals surface area contributed by atoms with Crippen molar-refractivity contribution in [3.8, 4) is 5.75 Å². The lowest BCUT2D eigenvalue weighted by Gasteiger charge is -2.33. The van der Waals surface area contributed by atoms with Gasteiger partial charge in [0.25, 0.3) is 0 Å². The van der Waals surface area contributed by atoms with Crippen LogP contribution >= 0.6 is 11.6 Å². The van der Waals surface area contributed by atoms with Crippen molar-refractivity contribution >= 4 is 29.1 Å². The summed E-state index contributed by atoms with van der Waals surface area (Å²) in [4.78, 5) is 28.6. The van der Waals surface area contributed by atoms with E-state index >= 15 is 0 Å². The van der Waals surface area contributed by atoms with E-state index in [2.05, 4.69) is 10.6 Å². The zero-order chi connectivity index (χ0) is 22.4. The Hall–Kier alpha value is -2.04. The van der Waals surface area contributed by atoms with Gasteiger partial charge in [-0.15, -0.1) is 0 Å². The first kappa shape index (κ1) is 22.2. The molecule has 2 atom stereocenters. The van der Waals surface area contributed by atoms with Gasteiger partial charge in [-0.25, -0.2) is 0 Å². The van der Waals surface area contributed by atoms with Crippen molar-refractivity contribution in [2.24, 2.45) is 0 Å². The monoisotopic (exact) mass is 460 g/mol. The Bertz CT molecular complexity index is 878. The standard InChI is InChI=1S/C20H24ClF3N4O3/c1-31-16-6-12(2-3-15(16)21)25-17(29)10-27-8-14-7-13(27)9-28(14)11-18(30)26-19(4-5-19)20(22,23)24/h2-3,6,13-14H,4-5,7-11H2,1H3,(H,25,29)(H,26,30)/t13-,14-/m0/s1. The number of piperazine rings is 1. The van der Waals surface area contributed by atoms with Crippen molar-refractivity contribution in [1.29, 1.82) is 0 Å². The molecule has 7 nitrogen and oxygen atoms in total. The Morgan fingerprint density at radius 3 is 2.29 bits per heavy atom. The van der Waals surface area contributed by atoms with Crippen LogP contribution < -0.4 is 15.4 Å². The fourth-order valence-corrected chi connectivity index (χ4v) is 4.63. The van der Waals surface area contributed by atoms with E-state index in [-0.39, 0.29) is 43.9 Å². The van der Waals surface area contributed by atoms with Gasteiger partial charge in [-0.2, -0.15) is 13.2 Å². The molecule has 3 fully saturated rings. The summed E-state index contributed by atoms with van der Waals surface area (Å²) >= 11 is 5.99. The van der Waals surface area contributed by atoms with Crippen LogP contribution in [0, 0.1) is 0 Å². The third-order valence-corrected chi connectivity index (χ3v) is 6.58. The molecule has 3 aliphatic rings. The van der Waals surface area contributed by atoms with Crippen molar-refractivity contribution in [1.82, 2.24) is 15.1 Å². The average molecular weight is 461 g/mol. The van der Waals surface area contributed by atoms with Gasteiger partial charge in [-0.1, -0.05) is 11.6 Å². The normalized spacial score (nSPS) is 24.8. The summed E-state index contributed by atoms with van der Waals surface area (Å²) in [6.07, 6.45) is -3.74. The number of nitrogens with one attached hydrogen (secondary N) is 2. The molecule has 1 saturated carbocycles. The largest absolute Gasteiger partial charge is 0.495 e. The zero-order valence-corrected chi connectivity index (χ0v) is 17.7. The number of hydrogen-bond acceptors (Lipinski definition) is 5. The number of hydrogen-bond donors (Lipinski definition) is 2. The summed E-state index contributed by atoms with van der Waals surface area (Å²) < 4.78 is 44.2. The molecule has 2 aliphatic heterocycles. The predicted octanol–water partition coefficient (Wildman–Crippen LogP) is 2.26. The number of nitrogens with zero attached hydrogens (tertiary/aromatic N) is 2. The second-order valence-corrected chi connectivity index (χ2v) is 8.83. The number of alkyl halides is 3. The summed E-state index contributed by atoms with van der Waals surface area (Å²) in [6, 6.07) is 5.12. The van der Waals surface area contributed by atoms with Gasteiger partial charge in [0.1, 0.15) is 11.3 Å². The van der Waals surface area contributed by atoms with E-state index in [4.69, 9.17) is 16.3 Å². The van der Waals surface area contributed by atoms with E-state index in [1.54, 1.807) is 18.2 Å². The van der Waals surface area contributed by atoms with Crippen LogP contribution in [0.15, 0.2) is 18.2 Å². The van der Waals surface area contributed by atoms with Gasteiger partial charge in [0, 0.05) is 36.9 Å². The SMILES string of the molecule is COc1cc(NC(=O)CN2C[C@@H]3C[C@H]2CN3CC(=O)NC2(C(F)(F)F)CC2)ccc1Cl. The maximum Gasteiger partial charge on any atom is 0.411 e. The van der Waals surface area contributed by atoms with Crippen molar-refractivity contribution < 1.29 is 27.5 Å². The Labute approximate surface area is 182 Å². The fourth-order valence-electron chi connectivity index (χ4n) is 4.44. The van der Waals surface area contributed by atoms with Crippen LogP contribution in [0.2, 0.25) is 5.02 Å². The van der Waals surface area contributed by atoms with E-state index in [0.717, 1.165) is 6.42 Å². The Balaban J connectivity index is 1.25. The van der Waals surface area contributed by atoms with Crippen molar-refractivity contribution in [2.45, 2.75) is 43.1 Å². The molecule has 0 radical (unpaired) electrons. The lowest BCUT2D eigenvalue weighted by molar-refractivity contribution is -0.170. The Morgan fingerprint density at radius 1 is 1.16 bits per heavy atom. The highest BCUT2D eigenvalue weighted by atomic mass is 35.5. The highest BCUT2D eigenvalue weighted by Gasteiger charge is 2.64. The number of halogens is 4. The number of amides is 2. The molecule has 0 aromatic heterocycles. The molecule has 31 heavy (non-hydrogen) atoms. The highest BCUT2D eigenvalue weighted by molar-refractivity contribution is 6.32. The fraction of sp³-hybridized carbons (Fsp3) is 0.600. The van der Waals surface area contributed by atoms with Gasteiger partial charge in [0.15, 0.2) is 0 Å². The average Bonchev–Trinajstić information content (AvgIpc) is 3.24. The molecule has 2 bridgehead atoms. The lowest BCUT2D eigenvalue weighted by atomic mass is 10.2. The third-order valence-electron chi connectivity index (χ3n) is 6.27. The summed E-state index contributed by atoms with van der Waals surface area (Å²) in [7, 11) is 1.49. The molecule has 2 amide bonds. The van der Waals surface area contributed by atoms with Crippen LogP contribution in [-0.2, 0) is 9.59 Å². The van der Waals surface area contributed by atoms with Gasteiger partial charge < -0.3 is 15.4 Å². The maximum absolute atomic E-state index is 13.0. The van der Waals surface area contributed by atoms with Gasteiger partial charge in [-0.3, -0.25) is 19.4 Å². The smallest absolute Gasteiger partial charge is 0.411 e. The molecule has 170 valence electrons. The summed E-state index contributed by atoms with van der Waals surface area (Å²) in [5.74, 6) is -0.308. The van der Waals surface area contributed by atoms with Crippen molar-refractivity contribution in [2.75, 3.05) is 38.6 Å².